The fourth-order valence-electron chi connectivity index (χ4n) is 3.57. The number of rotatable bonds is 7. The first-order valence-corrected chi connectivity index (χ1v) is 10.2. The summed E-state index contributed by atoms with van der Waals surface area (Å²) in [4.78, 5) is 28.4. The molecule has 0 aliphatic carbocycles. The normalized spacial score (nSPS) is 13.5. The monoisotopic (exact) mass is 427 g/mol. The molecule has 1 fully saturated rings. The molecule has 1 aliphatic rings. The average molecular weight is 428 g/mol. The smallest absolute Gasteiger partial charge is 0.321 e. The minimum atomic E-state index is -0.279. The molecule has 3 rings (SSSR count). The van der Waals surface area contributed by atoms with Crippen LogP contribution in [0, 0.1) is 0 Å². The predicted octanol–water partition coefficient (Wildman–Crippen LogP) is 3.89. The molecule has 2 aromatic rings. The molecule has 3 amide bonds. The molecule has 1 heterocycles. The molecule has 8 nitrogen and oxygen atoms in total. The van der Waals surface area contributed by atoms with Crippen LogP contribution in [0.2, 0.25) is 0 Å². The third-order valence-corrected chi connectivity index (χ3v) is 5.29. The molecular weight excluding hydrogens is 398 g/mol. The van der Waals surface area contributed by atoms with Crippen molar-refractivity contribution in [3.63, 3.8) is 0 Å². The number of anilines is 2. The van der Waals surface area contributed by atoms with Crippen molar-refractivity contribution in [3.8, 4) is 17.2 Å². The highest BCUT2D eigenvalue weighted by Gasteiger charge is 2.23. The maximum Gasteiger partial charge on any atom is 0.321 e. The zero-order valence-corrected chi connectivity index (χ0v) is 18.4. The molecule has 0 radical (unpaired) electrons. The van der Waals surface area contributed by atoms with E-state index in [-0.39, 0.29) is 11.9 Å². The highest BCUT2D eigenvalue weighted by molar-refractivity contribution is 5.97. The molecule has 0 spiro atoms. The van der Waals surface area contributed by atoms with Crippen molar-refractivity contribution < 1.29 is 23.8 Å². The van der Waals surface area contributed by atoms with E-state index in [1.165, 1.54) is 0 Å². The lowest BCUT2D eigenvalue weighted by molar-refractivity contribution is -0.119. The Hall–Kier alpha value is -3.42. The Morgan fingerprint density at radius 3 is 2.48 bits per heavy atom. The molecule has 1 saturated heterocycles. The van der Waals surface area contributed by atoms with E-state index in [0.717, 1.165) is 18.4 Å². The summed E-state index contributed by atoms with van der Waals surface area (Å²) in [5.74, 6) is 2.00. The van der Waals surface area contributed by atoms with E-state index in [4.69, 9.17) is 14.2 Å². The second kappa shape index (κ2) is 10.1. The standard InChI is InChI=1S/C23H29N3O5/c1-25(15-16-8-10-18(29-2)14-21(16)31-4)23(28)24-17-9-11-20(30-3)19(13-17)26-12-6-5-7-22(26)27/h8-11,13-14H,5-7,12,15H2,1-4H3,(H,24,28). The number of nitrogens with one attached hydrogen (secondary N) is 1. The van der Waals surface area contributed by atoms with Gasteiger partial charge in [-0.25, -0.2) is 4.79 Å². The van der Waals surface area contributed by atoms with Crippen LogP contribution in [0.5, 0.6) is 17.2 Å². The Balaban J connectivity index is 1.74. The fourth-order valence-corrected chi connectivity index (χ4v) is 3.57. The van der Waals surface area contributed by atoms with Crippen molar-refractivity contribution in [1.29, 1.82) is 0 Å². The van der Waals surface area contributed by atoms with Crippen molar-refractivity contribution in [2.45, 2.75) is 25.8 Å². The van der Waals surface area contributed by atoms with E-state index in [0.29, 0.717) is 48.1 Å². The van der Waals surface area contributed by atoms with Gasteiger partial charge in [-0.05, 0) is 43.2 Å². The maximum atomic E-state index is 12.8. The summed E-state index contributed by atoms with van der Waals surface area (Å²) in [7, 11) is 6.45. The zero-order chi connectivity index (χ0) is 22.4. The van der Waals surface area contributed by atoms with E-state index in [1.54, 1.807) is 62.4 Å². The Kier molecular flexibility index (Phi) is 7.23. The van der Waals surface area contributed by atoms with Gasteiger partial charge in [-0.15, -0.1) is 0 Å². The van der Waals surface area contributed by atoms with Crippen LogP contribution in [-0.2, 0) is 11.3 Å². The first-order chi connectivity index (χ1) is 15.0. The van der Waals surface area contributed by atoms with Gasteiger partial charge in [0.05, 0.1) is 33.6 Å². The first kappa shape index (κ1) is 22.3. The minimum absolute atomic E-state index is 0.0664. The molecule has 0 unspecified atom stereocenters. The number of carbonyl (C=O) groups excluding carboxylic acids is 2. The Morgan fingerprint density at radius 1 is 1.03 bits per heavy atom. The Bertz CT molecular complexity index is 947. The van der Waals surface area contributed by atoms with Crippen molar-refractivity contribution in [1.82, 2.24) is 4.90 Å². The van der Waals surface area contributed by atoms with Gasteiger partial charge in [-0.1, -0.05) is 0 Å². The van der Waals surface area contributed by atoms with Gasteiger partial charge in [0.1, 0.15) is 17.2 Å². The van der Waals surface area contributed by atoms with E-state index >= 15 is 0 Å². The van der Waals surface area contributed by atoms with Crippen molar-refractivity contribution in [2.24, 2.45) is 0 Å². The highest BCUT2D eigenvalue weighted by Crippen LogP contribution is 2.34. The van der Waals surface area contributed by atoms with Crippen molar-refractivity contribution in [2.75, 3.05) is 45.1 Å². The molecule has 0 bridgehead atoms. The Morgan fingerprint density at radius 2 is 1.81 bits per heavy atom. The number of benzene rings is 2. The summed E-state index contributed by atoms with van der Waals surface area (Å²) < 4.78 is 16.1. The molecule has 166 valence electrons. The van der Waals surface area contributed by atoms with Gasteiger partial charge in [0, 0.05) is 37.3 Å². The second-order valence-electron chi connectivity index (χ2n) is 7.35. The van der Waals surface area contributed by atoms with Gasteiger partial charge in [0.25, 0.3) is 0 Å². The number of piperidine rings is 1. The number of hydrogen-bond acceptors (Lipinski definition) is 5. The number of carbonyl (C=O) groups is 2. The van der Waals surface area contributed by atoms with Crippen LogP contribution in [0.15, 0.2) is 36.4 Å². The molecule has 31 heavy (non-hydrogen) atoms. The molecule has 0 aromatic heterocycles. The van der Waals surface area contributed by atoms with Crippen LogP contribution in [0.25, 0.3) is 0 Å². The average Bonchev–Trinajstić information content (AvgIpc) is 2.79. The number of urea groups is 1. The van der Waals surface area contributed by atoms with Crippen LogP contribution in [0.1, 0.15) is 24.8 Å². The largest absolute Gasteiger partial charge is 0.497 e. The van der Waals surface area contributed by atoms with Gasteiger partial charge < -0.3 is 29.3 Å². The third-order valence-electron chi connectivity index (χ3n) is 5.29. The van der Waals surface area contributed by atoms with Gasteiger partial charge in [0.15, 0.2) is 0 Å². The Labute approximate surface area is 182 Å². The van der Waals surface area contributed by atoms with Crippen LogP contribution in [-0.4, -0.2) is 51.8 Å². The summed E-state index contributed by atoms with van der Waals surface area (Å²) in [5, 5.41) is 2.90. The van der Waals surface area contributed by atoms with Crippen LogP contribution in [0.4, 0.5) is 16.2 Å². The number of amides is 3. The van der Waals surface area contributed by atoms with E-state index in [9.17, 15) is 9.59 Å². The summed E-state index contributed by atoms with van der Waals surface area (Å²) in [6, 6.07) is 10.5. The molecule has 8 heteroatoms. The van der Waals surface area contributed by atoms with Gasteiger partial charge >= 0.3 is 6.03 Å². The predicted molar refractivity (Wildman–Crippen MR) is 119 cm³/mol. The second-order valence-corrected chi connectivity index (χ2v) is 7.35. The van der Waals surface area contributed by atoms with Crippen LogP contribution < -0.4 is 24.4 Å². The van der Waals surface area contributed by atoms with Gasteiger partial charge in [-0.3, -0.25) is 4.79 Å². The summed E-state index contributed by atoms with van der Waals surface area (Å²) >= 11 is 0. The molecule has 0 saturated carbocycles. The van der Waals surface area contributed by atoms with Crippen LogP contribution >= 0.6 is 0 Å². The molecule has 0 atom stereocenters. The number of methoxy groups -OCH3 is 3. The highest BCUT2D eigenvalue weighted by atomic mass is 16.5. The van der Waals surface area contributed by atoms with E-state index in [2.05, 4.69) is 5.32 Å². The topological polar surface area (TPSA) is 80.3 Å². The van der Waals surface area contributed by atoms with Gasteiger partial charge in [-0.2, -0.15) is 0 Å². The van der Waals surface area contributed by atoms with Crippen molar-refractivity contribution >= 4 is 23.3 Å². The van der Waals surface area contributed by atoms with Crippen molar-refractivity contribution in [3.05, 3.63) is 42.0 Å². The fraction of sp³-hybridized carbons (Fsp3) is 0.391. The minimum Gasteiger partial charge on any atom is -0.497 e. The first-order valence-electron chi connectivity index (χ1n) is 10.2. The van der Waals surface area contributed by atoms with Gasteiger partial charge in [0.2, 0.25) is 5.91 Å². The number of ether oxygens (including phenoxy) is 3. The number of nitrogens with zero attached hydrogens (tertiary/aromatic N) is 2. The quantitative estimate of drug-likeness (QED) is 0.725. The lowest BCUT2D eigenvalue weighted by Gasteiger charge is -2.28. The van der Waals surface area contributed by atoms with Crippen LogP contribution in [0.3, 0.4) is 0 Å². The third kappa shape index (κ3) is 5.20. The number of hydrogen-bond donors (Lipinski definition) is 1. The maximum absolute atomic E-state index is 12.8. The lowest BCUT2D eigenvalue weighted by atomic mass is 10.1. The van der Waals surface area contributed by atoms with E-state index in [1.807, 2.05) is 12.1 Å². The summed E-state index contributed by atoms with van der Waals surface area (Å²) in [6.07, 6.45) is 2.36. The SMILES string of the molecule is COc1ccc(CN(C)C(=O)Nc2ccc(OC)c(N3CCCCC3=O)c2)c(OC)c1. The summed E-state index contributed by atoms with van der Waals surface area (Å²) in [5.41, 5.74) is 2.12. The van der Waals surface area contributed by atoms with E-state index < -0.39 is 0 Å². The molecule has 1 aliphatic heterocycles. The molecule has 1 N–H and O–H groups in total. The zero-order valence-electron chi connectivity index (χ0n) is 18.4. The molecular formula is C23H29N3O5. The molecule has 2 aromatic carbocycles. The summed E-state index contributed by atoms with van der Waals surface area (Å²) in [6.45, 7) is 0.996. The lowest BCUT2D eigenvalue weighted by Crippen LogP contribution is -2.35.